The average Bonchev–Trinajstić information content (AvgIpc) is 2.45. The van der Waals surface area contributed by atoms with Gasteiger partial charge < -0.3 is 15.3 Å². The van der Waals surface area contributed by atoms with Crippen molar-refractivity contribution in [3.05, 3.63) is 53.4 Å². The molecule has 0 radical (unpaired) electrons. The number of aliphatic imine (C=N–C) groups is 1. The third-order valence-electron chi connectivity index (χ3n) is 2.99. The number of hydrogen-bond acceptors (Lipinski definition) is 4. The first-order chi connectivity index (χ1) is 9.95. The molecule has 2 N–H and O–H groups in total. The smallest absolute Gasteiger partial charge is 0.337 e. The molecule has 0 aromatic heterocycles. The highest BCUT2D eigenvalue weighted by molar-refractivity contribution is 5.90. The number of allylic oxidation sites excluding steroid dienone is 1. The van der Waals surface area contributed by atoms with Crippen molar-refractivity contribution in [2.75, 3.05) is 19.0 Å². The van der Waals surface area contributed by atoms with E-state index >= 15 is 0 Å². The van der Waals surface area contributed by atoms with E-state index in [1.54, 1.807) is 6.92 Å². The molecule has 0 amide bonds. The fourth-order valence-electron chi connectivity index (χ4n) is 1.73. The Bertz CT molecular complexity index is 557. The topological polar surface area (TPSA) is 64.9 Å². The Morgan fingerprint density at radius 1 is 1.38 bits per heavy atom. The van der Waals surface area contributed by atoms with Crippen LogP contribution in [0.25, 0.3) is 0 Å². The van der Waals surface area contributed by atoms with Crippen molar-refractivity contribution in [2.24, 2.45) is 4.99 Å². The number of carboxylic acids is 1. The van der Waals surface area contributed by atoms with Crippen LogP contribution in [-0.4, -0.2) is 31.9 Å². The minimum Gasteiger partial charge on any atom is -0.478 e. The normalized spacial score (nSPS) is 12.0. The zero-order chi connectivity index (χ0) is 15.8. The molecule has 1 aromatic carbocycles. The Morgan fingerprint density at radius 2 is 2.00 bits per heavy atom. The van der Waals surface area contributed by atoms with E-state index in [1.807, 2.05) is 43.3 Å². The number of anilines is 1. The van der Waals surface area contributed by atoms with Crippen LogP contribution in [0, 0.1) is 0 Å². The van der Waals surface area contributed by atoms with Gasteiger partial charge in [-0.3, -0.25) is 4.99 Å². The van der Waals surface area contributed by atoms with Crippen LogP contribution in [0.5, 0.6) is 0 Å². The number of hydrogen-bond donors (Lipinski definition) is 2. The third kappa shape index (κ3) is 5.14. The molecule has 112 valence electrons. The molecular weight excluding hydrogens is 266 g/mol. The Morgan fingerprint density at radius 3 is 2.48 bits per heavy atom. The van der Waals surface area contributed by atoms with Gasteiger partial charge in [0.05, 0.1) is 5.57 Å². The molecular formula is C16H21N3O2. The van der Waals surface area contributed by atoms with Crippen LogP contribution >= 0.6 is 0 Å². The zero-order valence-electron chi connectivity index (χ0n) is 12.6. The Kier molecular flexibility index (Phi) is 6.20. The lowest BCUT2D eigenvalue weighted by atomic mass is 10.1. The molecule has 0 spiro atoms. The molecule has 1 aromatic rings. The fraction of sp³-hybridized carbons (Fsp3) is 0.250. The van der Waals surface area contributed by atoms with Gasteiger partial charge in [0, 0.05) is 38.2 Å². The van der Waals surface area contributed by atoms with Crippen LogP contribution in [0.3, 0.4) is 0 Å². The van der Waals surface area contributed by atoms with E-state index in [2.05, 4.69) is 17.0 Å². The second-order valence-electron chi connectivity index (χ2n) is 4.76. The SMILES string of the molecule is C=N/C=C\C(C(=O)O)=C(/C)NCc1ccc(N(C)C)cc1. The Balaban J connectivity index is 2.78. The van der Waals surface area contributed by atoms with Gasteiger partial charge in [-0.25, -0.2) is 4.79 Å². The summed E-state index contributed by atoms with van der Waals surface area (Å²) < 4.78 is 0. The van der Waals surface area contributed by atoms with Gasteiger partial charge in [-0.15, -0.1) is 0 Å². The first-order valence-corrected chi connectivity index (χ1v) is 6.52. The second kappa shape index (κ2) is 7.89. The lowest BCUT2D eigenvalue weighted by Gasteiger charge is -2.13. The highest BCUT2D eigenvalue weighted by atomic mass is 16.4. The standard InChI is InChI=1S/C16H21N3O2/c1-12(15(16(20)21)9-10-17-2)18-11-13-5-7-14(8-6-13)19(3)4/h5-10,18H,2,11H2,1,3-4H3,(H,20,21)/b10-9-,15-12-. The van der Waals surface area contributed by atoms with Gasteiger partial charge >= 0.3 is 5.97 Å². The molecule has 0 heterocycles. The van der Waals surface area contributed by atoms with Crippen molar-refractivity contribution < 1.29 is 9.90 Å². The van der Waals surface area contributed by atoms with E-state index in [-0.39, 0.29) is 5.57 Å². The minimum absolute atomic E-state index is 0.173. The molecule has 0 bridgehead atoms. The lowest BCUT2D eigenvalue weighted by molar-refractivity contribution is -0.132. The van der Waals surface area contributed by atoms with Crippen molar-refractivity contribution in [1.29, 1.82) is 0 Å². The summed E-state index contributed by atoms with van der Waals surface area (Å²) >= 11 is 0. The molecule has 0 aliphatic heterocycles. The molecule has 5 heteroatoms. The monoisotopic (exact) mass is 287 g/mol. The molecule has 0 aliphatic carbocycles. The Hall–Kier alpha value is -2.56. The van der Waals surface area contributed by atoms with E-state index in [0.717, 1.165) is 11.3 Å². The van der Waals surface area contributed by atoms with Gasteiger partial charge in [-0.1, -0.05) is 12.1 Å². The summed E-state index contributed by atoms with van der Waals surface area (Å²) in [6.07, 6.45) is 2.79. The lowest BCUT2D eigenvalue weighted by Crippen LogP contribution is -2.15. The first-order valence-electron chi connectivity index (χ1n) is 6.52. The summed E-state index contributed by atoms with van der Waals surface area (Å²) in [5, 5.41) is 12.3. The fourth-order valence-corrected chi connectivity index (χ4v) is 1.73. The summed E-state index contributed by atoms with van der Waals surface area (Å²) in [4.78, 5) is 16.7. The summed E-state index contributed by atoms with van der Waals surface area (Å²) in [5.41, 5.74) is 2.96. The highest BCUT2D eigenvalue weighted by Gasteiger charge is 2.07. The van der Waals surface area contributed by atoms with Gasteiger partial charge in [0.25, 0.3) is 0 Å². The van der Waals surface area contributed by atoms with Crippen molar-refractivity contribution >= 4 is 18.4 Å². The average molecular weight is 287 g/mol. The molecule has 1 rings (SSSR count). The molecule has 0 fully saturated rings. The van der Waals surface area contributed by atoms with Crippen LogP contribution in [0.15, 0.2) is 52.8 Å². The highest BCUT2D eigenvalue weighted by Crippen LogP contribution is 2.13. The predicted octanol–water partition coefficient (Wildman–Crippen LogP) is 2.42. The maximum absolute atomic E-state index is 11.2. The van der Waals surface area contributed by atoms with Gasteiger partial charge in [-0.05, 0) is 37.4 Å². The van der Waals surface area contributed by atoms with Crippen LogP contribution in [0.1, 0.15) is 12.5 Å². The summed E-state index contributed by atoms with van der Waals surface area (Å²) in [5.74, 6) is -0.997. The minimum atomic E-state index is -0.997. The van der Waals surface area contributed by atoms with E-state index in [1.165, 1.54) is 12.3 Å². The first kappa shape index (κ1) is 16.5. The van der Waals surface area contributed by atoms with Crippen molar-refractivity contribution in [3.8, 4) is 0 Å². The predicted molar refractivity (Wildman–Crippen MR) is 86.6 cm³/mol. The molecule has 0 atom stereocenters. The molecule has 5 nitrogen and oxygen atoms in total. The number of nitrogens with one attached hydrogen (secondary N) is 1. The van der Waals surface area contributed by atoms with Crippen molar-refractivity contribution in [3.63, 3.8) is 0 Å². The summed E-state index contributed by atoms with van der Waals surface area (Å²) in [7, 11) is 3.97. The van der Waals surface area contributed by atoms with Gasteiger partial charge in [0.1, 0.15) is 0 Å². The van der Waals surface area contributed by atoms with E-state index < -0.39 is 5.97 Å². The molecule has 0 saturated heterocycles. The third-order valence-corrected chi connectivity index (χ3v) is 2.99. The number of carbonyl (C=O) groups is 1. The number of benzene rings is 1. The maximum atomic E-state index is 11.2. The summed E-state index contributed by atoms with van der Waals surface area (Å²) in [6, 6.07) is 8.07. The summed E-state index contributed by atoms with van der Waals surface area (Å²) in [6.45, 7) is 5.58. The van der Waals surface area contributed by atoms with Gasteiger partial charge in [0.15, 0.2) is 0 Å². The molecule has 0 aliphatic rings. The quantitative estimate of drug-likeness (QED) is 0.459. The van der Waals surface area contributed by atoms with Crippen LogP contribution in [0.2, 0.25) is 0 Å². The van der Waals surface area contributed by atoms with Gasteiger partial charge in [0.2, 0.25) is 0 Å². The number of nitrogens with zero attached hydrogens (tertiary/aromatic N) is 2. The second-order valence-corrected chi connectivity index (χ2v) is 4.76. The van der Waals surface area contributed by atoms with Gasteiger partial charge in [-0.2, -0.15) is 0 Å². The van der Waals surface area contributed by atoms with E-state index in [9.17, 15) is 4.79 Å². The van der Waals surface area contributed by atoms with Crippen LogP contribution in [0.4, 0.5) is 5.69 Å². The molecule has 0 unspecified atom stereocenters. The zero-order valence-corrected chi connectivity index (χ0v) is 12.6. The number of carboxylic acid groups (broad SMARTS) is 1. The Labute approximate surface area is 125 Å². The molecule has 0 saturated carbocycles. The van der Waals surface area contributed by atoms with E-state index in [4.69, 9.17) is 5.11 Å². The van der Waals surface area contributed by atoms with E-state index in [0.29, 0.717) is 12.2 Å². The largest absolute Gasteiger partial charge is 0.478 e. The molecule has 21 heavy (non-hydrogen) atoms. The van der Waals surface area contributed by atoms with Crippen molar-refractivity contribution in [2.45, 2.75) is 13.5 Å². The maximum Gasteiger partial charge on any atom is 0.337 e. The van der Waals surface area contributed by atoms with Crippen molar-refractivity contribution in [1.82, 2.24) is 5.32 Å². The number of aliphatic carboxylic acids is 1. The number of rotatable bonds is 7. The van der Waals surface area contributed by atoms with Crippen LogP contribution in [-0.2, 0) is 11.3 Å². The van der Waals surface area contributed by atoms with Crippen LogP contribution < -0.4 is 10.2 Å².